The molecule has 0 atom stereocenters. The second-order valence-electron chi connectivity index (χ2n) is 10.6. The van der Waals surface area contributed by atoms with E-state index < -0.39 is 11.9 Å². The van der Waals surface area contributed by atoms with Gasteiger partial charge in [0.25, 0.3) is 0 Å². The molecule has 0 fully saturated rings. The van der Waals surface area contributed by atoms with E-state index in [4.69, 9.17) is 19.9 Å². The molecule has 1 aliphatic rings. The van der Waals surface area contributed by atoms with Gasteiger partial charge in [0.15, 0.2) is 0 Å². The minimum Gasteiger partial charge on any atom is -0.657 e. The van der Waals surface area contributed by atoms with Crippen molar-refractivity contribution in [2.75, 3.05) is 0 Å². The number of carboxylic acids is 2. The van der Waals surface area contributed by atoms with Crippen LogP contribution in [0, 0.1) is 27.7 Å². The van der Waals surface area contributed by atoms with Gasteiger partial charge in [0.2, 0.25) is 0 Å². The predicted molar refractivity (Wildman–Crippen MR) is 169 cm³/mol. The fourth-order valence-corrected chi connectivity index (χ4v) is 5.61. The maximum atomic E-state index is 11.5. The van der Waals surface area contributed by atoms with E-state index in [1.165, 1.54) is 0 Å². The van der Waals surface area contributed by atoms with Gasteiger partial charge in [0, 0.05) is 12.8 Å². The van der Waals surface area contributed by atoms with Crippen LogP contribution >= 0.6 is 0 Å². The number of hydrogen-bond donors (Lipinski definition) is 2. The van der Waals surface area contributed by atoms with Gasteiger partial charge in [-0.2, -0.15) is 0 Å². The van der Waals surface area contributed by atoms with E-state index in [2.05, 4.69) is 13.2 Å². The van der Waals surface area contributed by atoms with Crippen LogP contribution in [0.5, 0.6) is 0 Å². The minimum atomic E-state index is -0.898. The summed E-state index contributed by atoms with van der Waals surface area (Å²) in [7, 11) is 0. The van der Waals surface area contributed by atoms with Crippen molar-refractivity contribution in [1.82, 2.24) is 19.9 Å². The molecule has 2 N–H and O–H groups in total. The average Bonchev–Trinajstić information content (AvgIpc) is 3.59. The monoisotopic (exact) mass is 680 g/mol. The molecule has 4 aromatic heterocycles. The normalized spacial score (nSPS) is 15.0. The molecule has 0 radical (unpaired) electrons. The fraction of sp³-hybridized carbons (Fsp3) is 0.235. The first-order valence-corrected chi connectivity index (χ1v) is 13.8. The summed E-state index contributed by atoms with van der Waals surface area (Å²) in [4.78, 5) is 42.7. The quantitative estimate of drug-likeness (QED) is 0.235. The molecule has 0 unspecified atom stereocenters. The van der Waals surface area contributed by atoms with Gasteiger partial charge in [0.05, 0.1) is 0 Å². The molecular formula is C34H32N4O4Sn. The van der Waals surface area contributed by atoms with Gasteiger partial charge in [-0.1, -0.05) is 83.0 Å². The molecule has 0 amide bonds. The third kappa shape index (κ3) is 6.01. The summed E-state index contributed by atoms with van der Waals surface area (Å²) in [5, 5.41) is 21.7. The Kier molecular flexibility index (Phi) is 9.29. The topological polar surface area (TPSA) is 131 Å². The van der Waals surface area contributed by atoms with E-state index in [0.717, 1.165) is 60.9 Å². The third-order valence-electron chi connectivity index (χ3n) is 8.06. The van der Waals surface area contributed by atoms with Crippen LogP contribution in [0.25, 0.3) is 36.5 Å². The average molecular weight is 679 g/mol. The van der Waals surface area contributed by atoms with Crippen LogP contribution in [0.15, 0.2) is 13.2 Å². The molecule has 1 aliphatic heterocycles. The van der Waals surface area contributed by atoms with Crippen molar-refractivity contribution in [2.45, 2.75) is 53.4 Å². The van der Waals surface area contributed by atoms with Crippen molar-refractivity contribution >= 4 is 72.3 Å². The Hall–Kier alpha value is -4.18. The molecular weight excluding hydrogens is 647 g/mol. The Balaban J connectivity index is 0.00000423. The number of hydrogen-bond acceptors (Lipinski definition) is 2. The van der Waals surface area contributed by atoms with Crippen LogP contribution in [-0.2, 0) is 22.4 Å². The largest absolute Gasteiger partial charge is 4.00 e. The summed E-state index contributed by atoms with van der Waals surface area (Å²) in [5.74, 6) is -1.80. The molecule has 43 heavy (non-hydrogen) atoms. The van der Waals surface area contributed by atoms with Gasteiger partial charge in [-0.05, 0) is 51.7 Å². The zero-order chi connectivity index (χ0) is 30.3. The Morgan fingerprint density at radius 1 is 0.605 bits per heavy atom. The first-order valence-electron chi connectivity index (χ1n) is 13.8. The number of aliphatic carboxylic acids is 2. The van der Waals surface area contributed by atoms with Gasteiger partial charge in [0.1, 0.15) is 0 Å². The van der Waals surface area contributed by atoms with E-state index >= 15 is 0 Å². The van der Waals surface area contributed by atoms with Crippen LogP contribution < -0.4 is 41.3 Å². The number of aromatic nitrogens is 4. The molecule has 0 aromatic carbocycles. The zero-order valence-corrected chi connectivity index (χ0v) is 27.6. The number of rotatable bonds is 8. The van der Waals surface area contributed by atoms with Crippen LogP contribution in [0.2, 0.25) is 0 Å². The van der Waals surface area contributed by atoms with Crippen LogP contribution in [0.1, 0.15) is 80.1 Å². The van der Waals surface area contributed by atoms with Gasteiger partial charge in [-0.25, -0.2) is 0 Å². The van der Waals surface area contributed by atoms with E-state index in [-0.39, 0.29) is 36.7 Å². The molecule has 0 aliphatic carbocycles. The third-order valence-corrected chi connectivity index (χ3v) is 8.06. The summed E-state index contributed by atoms with van der Waals surface area (Å²) in [5.41, 5.74) is 9.84. The van der Waals surface area contributed by atoms with Crippen LogP contribution in [0.3, 0.4) is 0 Å². The molecule has 0 spiro atoms. The molecule has 0 saturated carbocycles. The molecule has 8 nitrogen and oxygen atoms in total. The summed E-state index contributed by atoms with van der Waals surface area (Å²) in [6.07, 6.45) is 11.7. The SMILES string of the molecule is C=Cc1c2[n-]c(c1C)/C=c1\[n-]/c(c(C)c1C=C)=C\c1[n-]c(c(CCC(=O)O)c1C)/C=c1\[n-]/c(c(C)c1CCC(=O)O)=C\2.[Sn+4]. The Labute approximate surface area is 266 Å². The van der Waals surface area contributed by atoms with Crippen molar-refractivity contribution < 1.29 is 19.8 Å². The number of fused-ring (bicyclic) bond motifs is 8. The number of nitrogens with zero attached hydrogens (tertiary/aromatic N) is 4. The van der Waals surface area contributed by atoms with E-state index in [1.807, 2.05) is 52.0 Å². The molecule has 216 valence electrons. The Bertz CT molecular complexity index is 2030. The summed E-state index contributed by atoms with van der Waals surface area (Å²) in [6, 6.07) is 0. The van der Waals surface area contributed by atoms with Crippen molar-refractivity contribution in [3.63, 3.8) is 0 Å². The van der Waals surface area contributed by atoms with Crippen LogP contribution in [-0.4, -0.2) is 46.1 Å². The maximum Gasteiger partial charge on any atom is 4.00 e. The second kappa shape index (κ2) is 12.6. The standard InChI is InChI=1S/C34H32N4O4.Sn/c1-7-21-17(3)25-13-26-19(5)23(9-11-33(39)40)31(37-26)16-32-24(10-12-34(41)42)20(6)28(38-32)15-30-22(8-2)18(4)27(36-30)14-29(21)35-25;/h7-8,13-16H,1-2,9-12H2,3-6H3,(H,39,40)(H,41,42);/q-4;+4/b25-13-,26-13?,27-14?,28-15-,29-14-,30-15?,31-16?,32-16-;. The van der Waals surface area contributed by atoms with Gasteiger partial charge < -0.3 is 30.1 Å². The van der Waals surface area contributed by atoms with Gasteiger partial charge in [-0.15, -0.1) is 44.2 Å². The zero-order valence-electron chi connectivity index (χ0n) is 24.7. The van der Waals surface area contributed by atoms with Gasteiger partial charge >= 0.3 is 35.8 Å². The molecule has 0 saturated heterocycles. The van der Waals surface area contributed by atoms with Crippen molar-refractivity contribution in [3.8, 4) is 0 Å². The smallest absolute Gasteiger partial charge is 0.657 e. The molecule has 5 heterocycles. The Morgan fingerprint density at radius 2 is 1.09 bits per heavy atom. The molecule has 5 rings (SSSR count). The predicted octanol–water partition coefficient (Wildman–Crippen LogP) is 1.32. The van der Waals surface area contributed by atoms with Crippen LogP contribution in [0.4, 0.5) is 0 Å². The fourth-order valence-electron chi connectivity index (χ4n) is 5.61. The van der Waals surface area contributed by atoms with Crippen molar-refractivity contribution in [1.29, 1.82) is 0 Å². The first-order chi connectivity index (χ1) is 20.0. The molecule has 9 heteroatoms. The first kappa shape index (κ1) is 31.7. The van der Waals surface area contributed by atoms with Gasteiger partial charge in [-0.3, -0.25) is 9.59 Å². The summed E-state index contributed by atoms with van der Waals surface area (Å²) < 4.78 is 0. The number of carbonyl (C=O) groups is 2. The maximum absolute atomic E-state index is 11.5. The summed E-state index contributed by atoms with van der Waals surface area (Å²) in [6.45, 7) is 15.9. The minimum absolute atomic E-state index is 0. The second-order valence-corrected chi connectivity index (χ2v) is 10.6. The summed E-state index contributed by atoms with van der Waals surface area (Å²) >= 11 is 0. The number of carboxylic acid groups (broad SMARTS) is 2. The van der Waals surface area contributed by atoms with Crippen molar-refractivity contribution in [2.24, 2.45) is 0 Å². The molecule has 4 aromatic rings. The molecule has 8 bridgehead atoms. The Morgan fingerprint density at radius 3 is 1.72 bits per heavy atom. The van der Waals surface area contributed by atoms with E-state index in [9.17, 15) is 19.8 Å². The van der Waals surface area contributed by atoms with Crippen molar-refractivity contribution in [3.05, 3.63) is 102 Å². The van der Waals surface area contributed by atoms with E-state index in [0.29, 0.717) is 40.6 Å². The van der Waals surface area contributed by atoms with E-state index in [1.54, 1.807) is 12.2 Å².